The molecule has 12 heteroatoms. The molecule has 2 aliphatic heterocycles. The van der Waals surface area contributed by atoms with Crippen LogP contribution in [0, 0.1) is 0 Å². The minimum absolute atomic E-state index is 0. The molecule has 0 unspecified atom stereocenters. The van der Waals surface area contributed by atoms with E-state index in [0.717, 1.165) is 4.90 Å². The summed E-state index contributed by atoms with van der Waals surface area (Å²) in [6.45, 7) is 0.0675. The molecule has 3 N–H and O–H groups in total. The van der Waals surface area contributed by atoms with Crippen molar-refractivity contribution in [2.45, 2.75) is 12.1 Å². The Kier molecular flexibility index (Phi) is 5.77. The molecule has 2 heterocycles. The van der Waals surface area contributed by atoms with E-state index >= 15 is 0 Å². The summed E-state index contributed by atoms with van der Waals surface area (Å²) in [4.78, 5) is 24.4. The Hall–Kier alpha value is -0.690. The van der Waals surface area contributed by atoms with Gasteiger partial charge in [0.25, 0.3) is 0 Å². The van der Waals surface area contributed by atoms with Gasteiger partial charge in [0.15, 0.2) is 0 Å². The molecule has 21 heavy (non-hydrogen) atoms. The number of hydroxylamine groups is 2. The third-order valence-electron chi connectivity index (χ3n) is 3.00. The van der Waals surface area contributed by atoms with Crippen LogP contribution in [0.3, 0.4) is 0 Å². The number of methoxy groups -OCH3 is 1. The topological polar surface area (TPSA) is 139 Å². The predicted octanol–water partition coefficient (Wildman–Crippen LogP) is -2.11. The van der Waals surface area contributed by atoms with E-state index in [1.54, 1.807) is 0 Å². The normalized spacial score (nSPS) is 24.7. The Morgan fingerprint density at radius 3 is 2.67 bits per heavy atom. The van der Waals surface area contributed by atoms with E-state index in [9.17, 15) is 18.0 Å². The van der Waals surface area contributed by atoms with Gasteiger partial charge in [-0.05, 0) is 11.6 Å². The molecule has 0 aromatic rings. The Balaban J connectivity index is 0.00000220. The van der Waals surface area contributed by atoms with Gasteiger partial charge in [-0.15, -0.1) is 4.28 Å². The number of hydrogen-bond acceptors (Lipinski definition) is 6. The van der Waals surface area contributed by atoms with Gasteiger partial charge in [0, 0.05) is 36.7 Å². The van der Waals surface area contributed by atoms with Crippen molar-refractivity contribution in [3.63, 3.8) is 0 Å². The van der Waals surface area contributed by atoms with Crippen LogP contribution in [0.2, 0.25) is 0 Å². The molecule has 2 rings (SSSR count). The van der Waals surface area contributed by atoms with Crippen LogP contribution in [0.1, 0.15) is 0 Å². The zero-order chi connectivity index (χ0) is 15.1. The smallest absolute Gasteiger partial charge is 0.380 e. The first-order valence-corrected chi connectivity index (χ1v) is 6.87. The number of nitrogens with two attached hydrogens (primary N) is 1. The third-order valence-corrected chi connectivity index (χ3v) is 3.35. The largest absolute Gasteiger partial charge is 0.418 e. The van der Waals surface area contributed by atoms with Gasteiger partial charge in [0.2, 0.25) is 5.91 Å². The molecule has 2 aliphatic rings. The van der Waals surface area contributed by atoms with E-state index in [2.05, 4.69) is 4.28 Å². The fourth-order valence-corrected chi connectivity index (χ4v) is 2.61. The van der Waals surface area contributed by atoms with Gasteiger partial charge in [-0.25, -0.2) is 4.79 Å². The number of nitrogens with zero attached hydrogens (tertiary/aromatic N) is 2. The van der Waals surface area contributed by atoms with Crippen molar-refractivity contribution >= 4 is 51.9 Å². The molecular weight excluding hydrogens is 317 g/mol. The molecular formula is C9H13N3NaO7S. The Morgan fingerprint density at radius 2 is 2.19 bits per heavy atom. The maximum Gasteiger partial charge on any atom is 0.418 e. The number of carbonyl (C=O) groups excluding carboxylic acids is 2. The van der Waals surface area contributed by atoms with Gasteiger partial charge < -0.3 is 15.4 Å². The van der Waals surface area contributed by atoms with Crippen LogP contribution in [-0.2, 0) is 24.2 Å². The van der Waals surface area contributed by atoms with E-state index < -0.39 is 34.4 Å². The van der Waals surface area contributed by atoms with Crippen LogP contribution in [0.5, 0.6) is 0 Å². The standard InChI is InChI=1S/C9H13N3O7S.Na/c1-18-4-5-2-6(8(10)13)11-3-7(5)12(9(11)14)19-20(15,16)17;/h2,6-7H,3-4H2,1H3,(H2,10,13)(H,15,16,17);/t6-,7-;/m0./s1. The summed E-state index contributed by atoms with van der Waals surface area (Å²) < 4.78 is 39.4. The first kappa shape index (κ1) is 18.4. The van der Waals surface area contributed by atoms with Crippen LogP contribution in [0.25, 0.3) is 0 Å². The third kappa shape index (κ3) is 3.74. The number of urea groups is 1. The fraction of sp³-hybridized carbons (Fsp3) is 0.556. The molecule has 113 valence electrons. The number of ether oxygens (including phenoxy) is 1. The Bertz CT molecular complexity index is 578. The van der Waals surface area contributed by atoms with Crippen LogP contribution >= 0.6 is 0 Å². The van der Waals surface area contributed by atoms with E-state index in [1.165, 1.54) is 13.2 Å². The molecule has 1 radical (unpaired) electrons. The zero-order valence-electron chi connectivity index (χ0n) is 11.4. The molecule has 1 fully saturated rings. The number of primary amides is 1. The molecule has 2 bridgehead atoms. The summed E-state index contributed by atoms with van der Waals surface area (Å²) in [5.41, 5.74) is 5.66. The van der Waals surface area contributed by atoms with Gasteiger partial charge >= 0.3 is 16.4 Å². The van der Waals surface area contributed by atoms with Crippen molar-refractivity contribution in [2.24, 2.45) is 5.73 Å². The minimum atomic E-state index is -4.86. The molecule has 0 aliphatic carbocycles. The predicted molar refractivity (Wildman–Crippen MR) is 69.1 cm³/mol. The van der Waals surface area contributed by atoms with Crippen LogP contribution in [0.15, 0.2) is 11.6 Å². The van der Waals surface area contributed by atoms with Gasteiger partial charge in [-0.3, -0.25) is 9.35 Å². The van der Waals surface area contributed by atoms with Crippen molar-refractivity contribution < 1.29 is 31.6 Å². The van der Waals surface area contributed by atoms with E-state index in [-0.39, 0.29) is 42.7 Å². The summed E-state index contributed by atoms with van der Waals surface area (Å²) >= 11 is 0. The summed E-state index contributed by atoms with van der Waals surface area (Å²) in [5, 5.41) is 0.489. The number of rotatable bonds is 5. The van der Waals surface area contributed by atoms with Gasteiger partial charge in [-0.2, -0.15) is 13.5 Å². The molecule has 3 amide bonds. The Morgan fingerprint density at radius 1 is 1.57 bits per heavy atom. The van der Waals surface area contributed by atoms with Crippen molar-refractivity contribution in [3.8, 4) is 0 Å². The fourth-order valence-electron chi connectivity index (χ4n) is 2.23. The summed E-state index contributed by atoms with van der Waals surface area (Å²) in [6, 6.07) is -2.67. The molecule has 0 aromatic heterocycles. The summed E-state index contributed by atoms with van der Waals surface area (Å²) in [7, 11) is -3.46. The number of carbonyl (C=O) groups is 2. The average Bonchev–Trinajstić information content (AvgIpc) is 2.57. The molecule has 2 atom stereocenters. The molecule has 10 nitrogen and oxygen atoms in total. The number of amides is 3. The van der Waals surface area contributed by atoms with E-state index in [0.29, 0.717) is 10.6 Å². The first-order chi connectivity index (χ1) is 9.24. The van der Waals surface area contributed by atoms with Crippen LogP contribution in [0.4, 0.5) is 4.79 Å². The Labute approximate surface area is 143 Å². The second-order valence-corrected chi connectivity index (χ2v) is 5.31. The monoisotopic (exact) mass is 330 g/mol. The second-order valence-electron chi connectivity index (χ2n) is 4.30. The van der Waals surface area contributed by atoms with Crippen LogP contribution in [-0.4, -0.2) is 96.8 Å². The molecule has 0 spiro atoms. The second kappa shape index (κ2) is 6.60. The number of fused-ring (bicyclic) bond motifs is 2. The number of hydrogen-bond donors (Lipinski definition) is 2. The minimum Gasteiger partial charge on any atom is -0.380 e. The average molecular weight is 330 g/mol. The SMILES string of the molecule is COCC1=C[C@@H](C(N)=O)N2C[C@@H]1N(OS(=O)(=O)O)C2=O.[Na]. The van der Waals surface area contributed by atoms with Gasteiger partial charge in [0.1, 0.15) is 12.1 Å². The quantitative estimate of drug-likeness (QED) is 0.334. The van der Waals surface area contributed by atoms with E-state index in [1.807, 2.05) is 0 Å². The van der Waals surface area contributed by atoms with Crippen molar-refractivity contribution in [3.05, 3.63) is 11.6 Å². The first-order valence-electron chi connectivity index (χ1n) is 5.50. The van der Waals surface area contributed by atoms with Crippen molar-refractivity contribution in [1.29, 1.82) is 0 Å². The molecule has 1 saturated heterocycles. The molecule has 0 saturated carbocycles. The van der Waals surface area contributed by atoms with Crippen molar-refractivity contribution in [2.75, 3.05) is 20.3 Å². The maximum absolute atomic E-state index is 12.0. The van der Waals surface area contributed by atoms with E-state index in [4.69, 9.17) is 15.0 Å². The molecule has 0 aromatic carbocycles. The van der Waals surface area contributed by atoms with Gasteiger partial charge in [-0.1, -0.05) is 0 Å². The summed E-state index contributed by atoms with van der Waals surface area (Å²) in [6.07, 6.45) is 1.42. The van der Waals surface area contributed by atoms with Crippen LogP contribution < -0.4 is 5.73 Å². The zero-order valence-corrected chi connectivity index (χ0v) is 14.2. The van der Waals surface area contributed by atoms with Gasteiger partial charge in [0.05, 0.1) is 13.2 Å². The maximum atomic E-state index is 12.0. The summed E-state index contributed by atoms with van der Waals surface area (Å²) in [5.74, 6) is -0.765. The van der Waals surface area contributed by atoms with Crippen molar-refractivity contribution in [1.82, 2.24) is 9.96 Å².